The van der Waals surface area contributed by atoms with Gasteiger partial charge in [-0.15, -0.1) is 0 Å². The molecule has 2 heterocycles. The highest BCUT2D eigenvalue weighted by atomic mass is 16.2. The molecule has 0 aromatic carbocycles. The summed E-state index contributed by atoms with van der Waals surface area (Å²) in [5.74, 6) is 1.18. The first-order valence-electron chi connectivity index (χ1n) is 6.79. The number of carbonyl (C=O) groups is 1. The monoisotopic (exact) mass is 265 g/mol. The molecule has 106 valence electrons. The number of aryl methyl sites for hydroxylation is 1. The molecule has 0 radical (unpaired) electrons. The molecular weight excluding hydrogens is 242 g/mol. The lowest BCUT2D eigenvalue weighted by Gasteiger charge is -2.36. The van der Waals surface area contributed by atoms with Gasteiger partial charge >= 0.3 is 0 Å². The van der Waals surface area contributed by atoms with Crippen molar-refractivity contribution < 1.29 is 4.79 Å². The molecule has 6 heteroatoms. The lowest BCUT2D eigenvalue weighted by Crippen LogP contribution is -2.57. The molecule has 1 amide bonds. The van der Waals surface area contributed by atoms with Crippen molar-refractivity contribution >= 4 is 5.91 Å². The summed E-state index contributed by atoms with van der Waals surface area (Å²) < 4.78 is 2.12. The minimum atomic E-state index is -0.0919. The van der Waals surface area contributed by atoms with E-state index < -0.39 is 0 Å². The average Bonchev–Trinajstić information content (AvgIpc) is 2.85. The number of hydrogen-bond acceptors (Lipinski definition) is 4. The largest absolute Gasteiger partial charge is 0.347 e. The summed E-state index contributed by atoms with van der Waals surface area (Å²) in [7, 11) is 3.62. The molecule has 1 fully saturated rings. The first-order chi connectivity index (χ1) is 9.13. The topological polar surface area (TPSA) is 53.4 Å². The minimum Gasteiger partial charge on any atom is -0.347 e. The van der Waals surface area contributed by atoms with Gasteiger partial charge in [-0.25, -0.2) is 4.98 Å². The summed E-state index contributed by atoms with van der Waals surface area (Å²) in [5, 5.41) is 3.29. The maximum atomic E-state index is 12.2. The van der Waals surface area contributed by atoms with Crippen LogP contribution in [0.1, 0.15) is 12.7 Å². The van der Waals surface area contributed by atoms with Crippen molar-refractivity contribution in [3.63, 3.8) is 0 Å². The second-order valence-electron chi connectivity index (χ2n) is 5.05. The van der Waals surface area contributed by atoms with Crippen LogP contribution in [0.3, 0.4) is 0 Å². The first kappa shape index (κ1) is 14.0. The van der Waals surface area contributed by atoms with E-state index in [0.29, 0.717) is 6.54 Å². The van der Waals surface area contributed by atoms with Crippen molar-refractivity contribution in [3.8, 4) is 0 Å². The Morgan fingerprint density at radius 3 is 3.05 bits per heavy atom. The maximum Gasteiger partial charge on any atom is 0.240 e. The Morgan fingerprint density at radius 2 is 2.37 bits per heavy atom. The average molecular weight is 265 g/mol. The smallest absolute Gasteiger partial charge is 0.240 e. The number of rotatable bonds is 4. The molecular formula is C13H23N5O. The summed E-state index contributed by atoms with van der Waals surface area (Å²) in [6.45, 7) is 6.25. The SMILES string of the molecule is CCn1ccnc1CN1CCNCC1C(=O)N(C)C. The Bertz CT molecular complexity index is 428. The Labute approximate surface area is 114 Å². The molecule has 6 nitrogen and oxygen atoms in total. The molecule has 0 spiro atoms. The van der Waals surface area contributed by atoms with Gasteiger partial charge in [0.2, 0.25) is 5.91 Å². The molecule has 1 N–H and O–H groups in total. The standard InChI is InChI=1S/C13H23N5O/c1-4-17-8-6-15-12(17)10-18-7-5-14-9-11(18)13(19)16(2)3/h6,8,11,14H,4-5,7,9-10H2,1-3H3. The van der Waals surface area contributed by atoms with E-state index >= 15 is 0 Å². The zero-order valence-corrected chi connectivity index (χ0v) is 12.0. The van der Waals surface area contributed by atoms with Crippen molar-refractivity contribution in [2.75, 3.05) is 33.7 Å². The van der Waals surface area contributed by atoms with Crippen LogP contribution in [0, 0.1) is 0 Å². The van der Waals surface area contributed by atoms with Crippen LogP contribution in [0.2, 0.25) is 0 Å². The van der Waals surface area contributed by atoms with Crippen LogP contribution >= 0.6 is 0 Å². The highest BCUT2D eigenvalue weighted by molar-refractivity contribution is 5.81. The van der Waals surface area contributed by atoms with Gasteiger partial charge in [0.25, 0.3) is 0 Å². The van der Waals surface area contributed by atoms with Crippen molar-refractivity contribution in [3.05, 3.63) is 18.2 Å². The van der Waals surface area contributed by atoms with Crippen LogP contribution in [0.4, 0.5) is 0 Å². The number of nitrogens with one attached hydrogen (secondary N) is 1. The fraction of sp³-hybridized carbons (Fsp3) is 0.692. The second-order valence-corrected chi connectivity index (χ2v) is 5.05. The molecule has 0 bridgehead atoms. The van der Waals surface area contributed by atoms with Gasteiger partial charge in [-0.2, -0.15) is 0 Å². The molecule has 1 aromatic rings. The van der Waals surface area contributed by atoms with E-state index in [1.54, 1.807) is 4.90 Å². The summed E-state index contributed by atoms with van der Waals surface area (Å²) >= 11 is 0. The Morgan fingerprint density at radius 1 is 1.58 bits per heavy atom. The number of likely N-dealkylation sites (N-methyl/N-ethyl adjacent to an activating group) is 1. The summed E-state index contributed by atoms with van der Waals surface area (Å²) in [6.07, 6.45) is 3.81. The predicted molar refractivity (Wildman–Crippen MR) is 73.7 cm³/mol. The quantitative estimate of drug-likeness (QED) is 0.817. The Kier molecular flexibility index (Phi) is 4.55. The van der Waals surface area contributed by atoms with E-state index in [0.717, 1.165) is 32.0 Å². The first-order valence-corrected chi connectivity index (χ1v) is 6.79. The van der Waals surface area contributed by atoms with E-state index in [4.69, 9.17) is 0 Å². The number of carbonyl (C=O) groups excluding carboxylic acids is 1. The third kappa shape index (κ3) is 3.13. The number of amides is 1. The van der Waals surface area contributed by atoms with Crippen LogP contribution in [-0.2, 0) is 17.9 Å². The van der Waals surface area contributed by atoms with E-state index in [-0.39, 0.29) is 11.9 Å². The van der Waals surface area contributed by atoms with Gasteiger partial charge < -0.3 is 14.8 Å². The number of piperazine rings is 1. The van der Waals surface area contributed by atoms with Gasteiger partial charge in [-0.05, 0) is 6.92 Å². The molecule has 1 unspecified atom stereocenters. The highest BCUT2D eigenvalue weighted by Gasteiger charge is 2.30. The van der Waals surface area contributed by atoms with E-state index in [2.05, 4.69) is 26.7 Å². The van der Waals surface area contributed by atoms with E-state index in [1.165, 1.54) is 0 Å². The lowest BCUT2D eigenvalue weighted by molar-refractivity contribution is -0.135. The van der Waals surface area contributed by atoms with E-state index in [9.17, 15) is 4.79 Å². The molecule has 1 aliphatic rings. The second kappa shape index (κ2) is 6.16. The normalized spacial score (nSPS) is 20.5. The number of imidazole rings is 1. The van der Waals surface area contributed by atoms with Crippen LogP contribution in [0.25, 0.3) is 0 Å². The predicted octanol–water partition coefficient (Wildman–Crippen LogP) is -0.235. The molecule has 19 heavy (non-hydrogen) atoms. The van der Waals surface area contributed by atoms with Gasteiger partial charge in [0, 0.05) is 52.7 Å². The highest BCUT2D eigenvalue weighted by Crippen LogP contribution is 2.11. The number of hydrogen-bond donors (Lipinski definition) is 1. The maximum absolute atomic E-state index is 12.2. The van der Waals surface area contributed by atoms with Gasteiger partial charge in [0.05, 0.1) is 6.54 Å². The van der Waals surface area contributed by atoms with Crippen LogP contribution in [0.5, 0.6) is 0 Å². The minimum absolute atomic E-state index is 0.0919. The number of nitrogens with zero attached hydrogens (tertiary/aromatic N) is 4. The molecule has 1 aliphatic heterocycles. The Balaban J connectivity index is 2.10. The molecule has 1 atom stereocenters. The van der Waals surface area contributed by atoms with E-state index in [1.807, 2.05) is 26.5 Å². The summed E-state index contributed by atoms with van der Waals surface area (Å²) in [6, 6.07) is -0.0919. The van der Waals surface area contributed by atoms with Crippen molar-refractivity contribution in [1.82, 2.24) is 24.7 Å². The van der Waals surface area contributed by atoms with Crippen molar-refractivity contribution in [2.45, 2.75) is 26.1 Å². The lowest BCUT2D eigenvalue weighted by atomic mass is 10.1. The molecule has 0 saturated carbocycles. The molecule has 1 saturated heterocycles. The van der Waals surface area contributed by atoms with Gasteiger partial charge in [0.1, 0.15) is 11.9 Å². The Hall–Kier alpha value is -1.40. The zero-order chi connectivity index (χ0) is 13.8. The van der Waals surface area contributed by atoms with Crippen molar-refractivity contribution in [1.29, 1.82) is 0 Å². The van der Waals surface area contributed by atoms with Crippen LogP contribution in [-0.4, -0.2) is 65.0 Å². The third-order valence-corrected chi connectivity index (χ3v) is 3.57. The molecule has 2 rings (SSSR count). The fourth-order valence-electron chi connectivity index (χ4n) is 2.44. The number of aromatic nitrogens is 2. The van der Waals surface area contributed by atoms with Crippen LogP contribution < -0.4 is 5.32 Å². The molecule has 1 aromatic heterocycles. The van der Waals surface area contributed by atoms with Gasteiger partial charge in [0.15, 0.2) is 0 Å². The fourth-order valence-corrected chi connectivity index (χ4v) is 2.44. The van der Waals surface area contributed by atoms with Gasteiger partial charge in [-0.3, -0.25) is 9.69 Å². The zero-order valence-electron chi connectivity index (χ0n) is 12.0. The molecule has 0 aliphatic carbocycles. The summed E-state index contributed by atoms with van der Waals surface area (Å²) in [5.41, 5.74) is 0. The third-order valence-electron chi connectivity index (χ3n) is 3.57. The van der Waals surface area contributed by atoms with Gasteiger partial charge in [-0.1, -0.05) is 0 Å². The summed E-state index contributed by atoms with van der Waals surface area (Å²) in [4.78, 5) is 20.5. The van der Waals surface area contributed by atoms with Crippen LogP contribution in [0.15, 0.2) is 12.4 Å². The van der Waals surface area contributed by atoms with Crippen molar-refractivity contribution in [2.24, 2.45) is 0 Å².